The van der Waals surface area contributed by atoms with E-state index >= 15 is 0 Å². The number of fused-ring (bicyclic) bond motifs is 1. The smallest absolute Gasteiger partial charge is 0.253 e. The highest BCUT2D eigenvalue weighted by atomic mass is 16.5. The van der Waals surface area contributed by atoms with Gasteiger partial charge in [0, 0.05) is 37.6 Å². The van der Waals surface area contributed by atoms with E-state index in [1.54, 1.807) is 30.0 Å². The Hall–Kier alpha value is -3.85. The van der Waals surface area contributed by atoms with Gasteiger partial charge in [-0.15, -0.1) is 15.3 Å². The molecule has 0 bridgehead atoms. The van der Waals surface area contributed by atoms with Gasteiger partial charge in [-0.3, -0.25) is 9.78 Å². The molecule has 1 saturated heterocycles. The minimum absolute atomic E-state index is 0.0172. The number of carbonyl (C=O) groups excluding carboxylic acids is 1. The van der Waals surface area contributed by atoms with Crippen molar-refractivity contribution in [1.29, 1.82) is 0 Å². The van der Waals surface area contributed by atoms with Gasteiger partial charge in [0.2, 0.25) is 5.82 Å². The number of nitrogens with zero attached hydrogens (tertiary/aromatic N) is 6. The number of hydrogen-bond donors (Lipinski definition) is 1. The van der Waals surface area contributed by atoms with Crippen molar-refractivity contribution in [2.75, 3.05) is 25.5 Å². The zero-order valence-corrected chi connectivity index (χ0v) is 17.7. The van der Waals surface area contributed by atoms with E-state index in [9.17, 15) is 4.79 Å². The van der Waals surface area contributed by atoms with Crippen LogP contribution in [0.5, 0.6) is 0 Å². The minimum Gasteiger partial charge on any atom is -0.381 e. The number of amides is 1. The molecule has 4 heterocycles. The lowest BCUT2D eigenvalue weighted by Gasteiger charge is -2.31. The zero-order valence-electron chi connectivity index (χ0n) is 17.7. The van der Waals surface area contributed by atoms with Crippen LogP contribution in [0.15, 0.2) is 60.8 Å². The molecule has 0 aliphatic carbocycles. The van der Waals surface area contributed by atoms with Crippen LogP contribution in [0.4, 0.5) is 11.5 Å². The van der Waals surface area contributed by atoms with Crippen LogP contribution in [-0.2, 0) is 4.74 Å². The molecule has 1 fully saturated rings. The van der Waals surface area contributed by atoms with E-state index in [-0.39, 0.29) is 12.0 Å². The number of methoxy groups -OCH3 is 1. The zero-order chi connectivity index (χ0) is 21.9. The molecule has 9 nitrogen and oxygen atoms in total. The lowest BCUT2D eigenvalue weighted by Crippen LogP contribution is -2.40. The summed E-state index contributed by atoms with van der Waals surface area (Å²) in [5.74, 6) is 1.11. The van der Waals surface area contributed by atoms with Gasteiger partial charge in [-0.05, 0) is 49.2 Å². The molecule has 0 atom stereocenters. The average molecular weight is 429 g/mol. The Morgan fingerprint density at radius 2 is 1.88 bits per heavy atom. The standard InChI is InChI=1S/C23H23N7O2/c1-32-18-10-13-29(14-11-18)23(31)16-9-12-24-19(15-16)22-27-26-21-8-7-20(28-30(21)22)25-17-5-3-2-4-6-17/h2-9,12,15,18H,10-11,13-14H2,1H3,(H,25,28). The number of anilines is 2. The highest BCUT2D eigenvalue weighted by Crippen LogP contribution is 2.21. The molecule has 0 saturated carbocycles. The second-order valence-corrected chi connectivity index (χ2v) is 7.66. The summed E-state index contributed by atoms with van der Waals surface area (Å²) in [6, 6.07) is 17.0. The Kier molecular flexibility index (Phi) is 5.47. The highest BCUT2D eigenvalue weighted by molar-refractivity contribution is 5.95. The number of para-hydroxylation sites is 1. The molecule has 1 aliphatic rings. The third-order valence-corrected chi connectivity index (χ3v) is 5.61. The number of piperidine rings is 1. The van der Waals surface area contributed by atoms with Crippen LogP contribution in [0.1, 0.15) is 23.2 Å². The van der Waals surface area contributed by atoms with Gasteiger partial charge in [0.1, 0.15) is 5.69 Å². The van der Waals surface area contributed by atoms with Crippen molar-refractivity contribution in [3.05, 3.63) is 66.4 Å². The first-order valence-electron chi connectivity index (χ1n) is 10.5. The molecular formula is C23H23N7O2. The molecule has 162 valence electrons. The van der Waals surface area contributed by atoms with Crippen molar-refractivity contribution >= 4 is 23.1 Å². The second-order valence-electron chi connectivity index (χ2n) is 7.66. The number of ether oxygens (including phenoxy) is 1. The Bertz CT molecular complexity index is 1230. The normalized spacial score (nSPS) is 14.6. The number of rotatable bonds is 5. The Morgan fingerprint density at radius 1 is 1.06 bits per heavy atom. The van der Waals surface area contributed by atoms with Gasteiger partial charge in [-0.1, -0.05) is 18.2 Å². The van der Waals surface area contributed by atoms with E-state index in [0.717, 1.165) is 18.5 Å². The number of aromatic nitrogens is 5. The molecular weight excluding hydrogens is 406 g/mol. The van der Waals surface area contributed by atoms with Gasteiger partial charge in [0.25, 0.3) is 5.91 Å². The van der Waals surface area contributed by atoms with Crippen LogP contribution in [0.25, 0.3) is 17.2 Å². The maximum absolute atomic E-state index is 13.0. The fourth-order valence-corrected chi connectivity index (χ4v) is 3.85. The van der Waals surface area contributed by atoms with Gasteiger partial charge in [-0.2, -0.15) is 4.52 Å². The largest absolute Gasteiger partial charge is 0.381 e. The molecule has 3 aromatic heterocycles. The van der Waals surface area contributed by atoms with Crippen LogP contribution < -0.4 is 5.32 Å². The van der Waals surface area contributed by atoms with E-state index in [4.69, 9.17) is 4.74 Å². The number of carbonyl (C=O) groups is 1. The predicted molar refractivity (Wildman–Crippen MR) is 120 cm³/mol. The maximum atomic E-state index is 13.0. The molecule has 1 aromatic carbocycles. The number of pyridine rings is 1. The van der Waals surface area contributed by atoms with Crippen molar-refractivity contribution in [2.24, 2.45) is 0 Å². The molecule has 0 spiro atoms. The monoisotopic (exact) mass is 429 g/mol. The van der Waals surface area contributed by atoms with Crippen molar-refractivity contribution in [3.63, 3.8) is 0 Å². The summed E-state index contributed by atoms with van der Waals surface area (Å²) in [5, 5.41) is 16.4. The molecule has 1 aliphatic heterocycles. The van der Waals surface area contributed by atoms with E-state index < -0.39 is 0 Å². The molecule has 0 radical (unpaired) electrons. The Morgan fingerprint density at radius 3 is 2.66 bits per heavy atom. The first-order valence-corrected chi connectivity index (χ1v) is 10.5. The molecule has 0 unspecified atom stereocenters. The molecule has 4 aromatic rings. The molecule has 1 N–H and O–H groups in total. The molecule has 32 heavy (non-hydrogen) atoms. The molecule has 9 heteroatoms. The predicted octanol–water partition coefficient (Wildman–Crippen LogP) is 3.18. The summed E-state index contributed by atoms with van der Waals surface area (Å²) in [6.07, 6.45) is 3.53. The van der Waals surface area contributed by atoms with Crippen molar-refractivity contribution < 1.29 is 9.53 Å². The highest BCUT2D eigenvalue weighted by Gasteiger charge is 2.24. The van der Waals surface area contributed by atoms with E-state index in [1.807, 2.05) is 47.4 Å². The van der Waals surface area contributed by atoms with Crippen LogP contribution in [0, 0.1) is 0 Å². The Balaban J connectivity index is 1.41. The van der Waals surface area contributed by atoms with Gasteiger partial charge in [0.15, 0.2) is 11.5 Å². The number of benzene rings is 1. The van der Waals surface area contributed by atoms with E-state index in [2.05, 4.69) is 25.6 Å². The lowest BCUT2D eigenvalue weighted by molar-refractivity contribution is 0.0350. The van der Waals surface area contributed by atoms with Crippen molar-refractivity contribution in [2.45, 2.75) is 18.9 Å². The van der Waals surface area contributed by atoms with Crippen LogP contribution in [-0.4, -0.2) is 61.9 Å². The fraction of sp³-hybridized carbons (Fsp3) is 0.261. The molecule has 5 rings (SSSR count). The number of likely N-dealkylation sites (tertiary alicyclic amines) is 1. The minimum atomic E-state index is -0.0172. The number of nitrogens with one attached hydrogen (secondary N) is 1. The quantitative estimate of drug-likeness (QED) is 0.520. The van der Waals surface area contributed by atoms with E-state index in [0.29, 0.717) is 41.6 Å². The SMILES string of the molecule is COC1CCN(C(=O)c2ccnc(-c3nnc4ccc(Nc5ccccc5)nn34)c2)CC1. The third-order valence-electron chi connectivity index (χ3n) is 5.61. The van der Waals surface area contributed by atoms with Gasteiger partial charge >= 0.3 is 0 Å². The van der Waals surface area contributed by atoms with Crippen molar-refractivity contribution in [1.82, 2.24) is 29.7 Å². The summed E-state index contributed by atoms with van der Waals surface area (Å²) in [7, 11) is 1.72. The Labute approximate surface area is 185 Å². The number of hydrogen-bond acceptors (Lipinski definition) is 7. The van der Waals surface area contributed by atoms with E-state index in [1.165, 1.54) is 0 Å². The first kappa shape index (κ1) is 20.1. The summed E-state index contributed by atoms with van der Waals surface area (Å²) in [4.78, 5) is 19.3. The maximum Gasteiger partial charge on any atom is 0.253 e. The van der Waals surface area contributed by atoms with Crippen LogP contribution in [0.2, 0.25) is 0 Å². The van der Waals surface area contributed by atoms with Gasteiger partial charge < -0.3 is 15.0 Å². The van der Waals surface area contributed by atoms with Gasteiger partial charge in [0.05, 0.1) is 6.10 Å². The first-order chi connectivity index (χ1) is 15.7. The molecule has 1 amide bonds. The third kappa shape index (κ3) is 4.02. The summed E-state index contributed by atoms with van der Waals surface area (Å²) < 4.78 is 7.03. The van der Waals surface area contributed by atoms with Gasteiger partial charge in [-0.25, -0.2) is 0 Å². The average Bonchev–Trinajstić information content (AvgIpc) is 3.28. The second kappa shape index (κ2) is 8.72. The van der Waals surface area contributed by atoms with Crippen LogP contribution in [0.3, 0.4) is 0 Å². The summed E-state index contributed by atoms with van der Waals surface area (Å²) >= 11 is 0. The topological polar surface area (TPSA) is 97.5 Å². The fourth-order valence-electron chi connectivity index (χ4n) is 3.85. The summed E-state index contributed by atoms with van der Waals surface area (Å²) in [6.45, 7) is 1.36. The lowest BCUT2D eigenvalue weighted by atomic mass is 10.1. The van der Waals surface area contributed by atoms with Crippen LogP contribution >= 0.6 is 0 Å². The van der Waals surface area contributed by atoms with Crippen molar-refractivity contribution in [3.8, 4) is 11.5 Å². The summed E-state index contributed by atoms with van der Waals surface area (Å²) in [5.41, 5.74) is 2.64.